The first-order valence-electron chi connectivity index (χ1n) is 14.2. The van der Waals surface area contributed by atoms with Gasteiger partial charge in [0.05, 0.1) is 7.11 Å². The molecule has 6 heteroatoms. The predicted octanol–water partition coefficient (Wildman–Crippen LogP) is 4.65. The van der Waals surface area contributed by atoms with Crippen molar-refractivity contribution < 1.29 is 14.3 Å². The lowest BCUT2D eigenvalue weighted by Crippen LogP contribution is -2.47. The van der Waals surface area contributed by atoms with E-state index in [9.17, 15) is 4.79 Å². The molecular weight excluding hydrogens is 438 g/mol. The molecule has 1 N–H and O–H groups in total. The second-order valence-electron chi connectivity index (χ2n) is 11.0. The molecule has 35 heavy (non-hydrogen) atoms. The number of nitrogens with one attached hydrogen (secondary N) is 1. The number of piperidine rings is 2. The number of rotatable bonds is 10. The lowest BCUT2D eigenvalue weighted by molar-refractivity contribution is -0.122. The van der Waals surface area contributed by atoms with Crippen LogP contribution in [0.4, 0.5) is 0 Å². The Labute approximate surface area is 212 Å². The molecule has 2 aliphatic heterocycles. The van der Waals surface area contributed by atoms with Gasteiger partial charge in [-0.3, -0.25) is 9.69 Å². The maximum absolute atomic E-state index is 12.4. The molecule has 2 heterocycles. The van der Waals surface area contributed by atoms with E-state index in [2.05, 4.69) is 28.1 Å². The van der Waals surface area contributed by atoms with Gasteiger partial charge in [-0.15, -0.1) is 0 Å². The average molecular weight is 486 g/mol. The summed E-state index contributed by atoms with van der Waals surface area (Å²) in [6, 6.07) is 7.23. The zero-order valence-electron chi connectivity index (χ0n) is 22.1. The number of carbonyl (C=O) groups is 1. The van der Waals surface area contributed by atoms with Crippen LogP contribution in [0.5, 0.6) is 11.5 Å². The number of nitrogens with zero attached hydrogens (tertiary/aromatic N) is 2. The van der Waals surface area contributed by atoms with Crippen LogP contribution in [-0.4, -0.2) is 74.2 Å². The third-order valence-electron chi connectivity index (χ3n) is 8.38. The minimum atomic E-state index is 0.160. The Morgan fingerprint density at radius 1 is 0.971 bits per heavy atom. The molecule has 0 aromatic heterocycles. The minimum absolute atomic E-state index is 0.160. The Morgan fingerprint density at radius 3 is 2.43 bits per heavy atom. The summed E-state index contributed by atoms with van der Waals surface area (Å²) in [4.78, 5) is 17.7. The number of hydrogen-bond acceptors (Lipinski definition) is 5. The summed E-state index contributed by atoms with van der Waals surface area (Å²) < 4.78 is 11.7. The fraction of sp³-hybridized carbons (Fsp3) is 0.759. The molecule has 4 rings (SSSR count). The maximum Gasteiger partial charge on any atom is 0.220 e. The highest BCUT2D eigenvalue weighted by Crippen LogP contribution is 2.29. The monoisotopic (exact) mass is 485 g/mol. The molecule has 1 amide bonds. The molecule has 0 atom stereocenters. The van der Waals surface area contributed by atoms with Gasteiger partial charge in [-0.25, -0.2) is 0 Å². The lowest BCUT2D eigenvalue weighted by Gasteiger charge is -2.40. The number of hydrogen-bond donors (Lipinski definition) is 1. The first-order chi connectivity index (χ1) is 17.1. The van der Waals surface area contributed by atoms with E-state index in [-0.39, 0.29) is 5.91 Å². The number of amides is 1. The van der Waals surface area contributed by atoms with Gasteiger partial charge in [0.2, 0.25) is 5.91 Å². The van der Waals surface area contributed by atoms with Crippen molar-refractivity contribution in [1.82, 2.24) is 15.1 Å². The van der Waals surface area contributed by atoms with Crippen LogP contribution in [0.3, 0.4) is 0 Å². The molecule has 1 saturated carbocycles. The average Bonchev–Trinajstić information content (AvgIpc) is 2.90. The lowest BCUT2D eigenvalue weighted by atomic mass is 9.87. The van der Waals surface area contributed by atoms with E-state index in [0.717, 1.165) is 54.8 Å². The highest BCUT2D eigenvalue weighted by Gasteiger charge is 2.25. The van der Waals surface area contributed by atoms with Gasteiger partial charge in [-0.1, -0.05) is 19.4 Å². The van der Waals surface area contributed by atoms with Gasteiger partial charge in [0.25, 0.3) is 0 Å². The first-order valence-corrected chi connectivity index (χ1v) is 14.2. The van der Waals surface area contributed by atoms with Gasteiger partial charge in [0.1, 0.15) is 6.61 Å². The quantitative estimate of drug-likeness (QED) is 0.523. The van der Waals surface area contributed by atoms with E-state index in [0.29, 0.717) is 19.1 Å². The molecule has 1 aromatic carbocycles. The Kier molecular flexibility index (Phi) is 10.1. The van der Waals surface area contributed by atoms with Crippen LogP contribution in [-0.2, 0) is 11.2 Å². The van der Waals surface area contributed by atoms with Crippen molar-refractivity contribution in [3.05, 3.63) is 23.8 Å². The van der Waals surface area contributed by atoms with Gasteiger partial charge in [0, 0.05) is 25.0 Å². The zero-order valence-corrected chi connectivity index (χ0v) is 22.1. The third-order valence-corrected chi connectivity index (χ3v) is 8.38. The van der Waals surface area contributed by atoms with E-state index in [1.54, 1.807) is 7.11 Å². The third kappa shape index (κ3) is 8.11. The summed E-state index contributed by atoms with van der Waals surface area (Å²) in [5.41, 5.74) is 1.11. The van der Waals surface area contributed by atoms with Gasteiger partial charge < -0.3 is 19.7 Å². The number of aryl methyl sites for hydroxylation is 1. The molecule has 1 aromatic rings. The van der Waals surface area contributed by atoms with Crippen molar-refractivity contribution in [3.63, 3.8) is 0 Å². The first kappa shape index (κ1) is 26.3. The number of likely N-dealkylation sites (tertiary alicyclic amines) is 2. The molecule has 2 saturated heterocycles. The Balaban J connectivity index is 1.15. The smallest absolute Gasteiger partial charge is 0.220 e. The van der Waals surface area contributed by atoms with Crippen LogP contribution in [0.15, 0.2) is 18.2 Å². The van der Waals surface area contributed by atoms with Crippen LogP contribution >= 0.6 is 0 Å². The van der Waals surface area contributed by atoms with Crippen LogP contribution in [0.2, 0.25) is 0 Å². The van der Waals surface area contributed by atoms with Gasteiger partial charge >= 0.3 is 0 Å². The Bertz CT molecular complexity index is 779. The summed E-state index contributed by atoms with van der Waals surface area (Å²) in [6.07, 6.45) is 12.6. The maximum atomic E-state index is 12.4. The van der Waals surface area contributed by atoms with E-state index in [4.69, 9.17) is 9.47 Å². The highest BCUT2D eigenvalue weighted by molar-refractivity contribution is 5.76. The van der Waals surface area contributed by atoms with E-state index >= 15 is 0 Å². The summed E-state index contributed by atoms with van der Waals surface area (Å²) in [5, 5.41) is 3.23. The SMILES string of the molecule is COc1cc(CCC(=O)NC2CCC(C)CC2)ccc1OCCN1CCC(N2CCCCC2)CC1. The van der Waals surface area contributed by atoms with E-state index in [1.165, 1.54) is 71.1 Å². The molecule has 0 radical (unpaired) electrons. The van der Waals surface area contributed by atoms with Crippen molar-refractivity contribution in [2.45, 2.75) is 89.6 Å². The molecule has 0 bridgehead atoms. The number of methoxy groups -OCH3 is 1. The summed E-state index contributed by atoms with van der Waals surface area (Å²) in [5.74, 6) is 2.51. The van der Waals surface area contributed by atoms with Crippen LogP contribution in [0.1, 0.15) is 76.7 Å². The van der Waals surface area contributed by atoms with Gasteiger partial charge in [0.15, 0.2) is 11.5 Å². The molecular formula is C29H47N3O3. The predicted molar refractivity (Wildman–Crippen MR) is 141 cm³/mol. The number of benzene rings is 1. The molecule has 1 aliphatic carbocycles. The van der Waals surface area contributed by atoms with Crippen LogP contribution < -0.4 is 14.8 Å². The van der Waals surface area contributed by atoms with Gasteiger partial charge in [-0.05, 0) is 108 Å². The number of ether oxygens (including phenoxy) is 2. The van der Waals surface area contributed by atoms with Crippen LogP contribution in [0, 0.1) is 5.92 Å². The second-order valence-corrected chi connectivity index (χ2v) is 11.0. The van der Waals surface area contributed by atoms with Crippen molar-refractivity contribution in [2.24, 2.45) is 5.92 Å². The Morgan fingerprint density at radius 2 is 1.71 bits per heavy atom. The standard InChI is InChI=1S/C29H47N3O3/c1-23-6-10-25(11-7-23)30-29(33)13-9-24-8-12-27(28(22-24)34-2)35-21-20-31-18-14-26(15-19-31)32-16-4-3-5-17-32/h8,12,22-23,25-26H,3-7,9-11,13-21H2,1-2H3,(H,30,33). The summed E-state index contributed by atoms with van der Waals surface area (Å²) in [7, 11) is 1.69. The fourth-order valence-corrected chi connectivity index (χ4v) is 6.03. The molecule has 6 nitrogen and oxygen atoms in total. The molecule has 196 valence electrons. The van der Waals surface area contributed by atoms with Crippen LogP contribution in [0.25, 0.3) is 0 Å². The molecule has 3 fully saturated rings. The van der Waals surface area contributed by atoms with Crippen molar-refractivity contribution >= 4 is 5.91 Å². The summed E-state index contributed by atoms with van der Waals surface area (Å²) in [6.45, 7) is 8.87. The van der Waals surface area contributed by atoms with E-state index < -0.39 is 0 Å². The highest BCUT2D eigenvalue weighted by atomic mass is 16.5. The number of carbonyl (C=O) groups excluding carboxylic acids is 1. The Hall–Kier alpha value is -1.79. The van der Waals surface area contributed by atoms with E-state index in [1.807, 2.05) is 12.1 Å². The zero-order chi connectivity index (χ0) is 24.5. The fourth-order valence-electron chi connectivity index (χ4n) is 6.03. The molecule has 0 unspecified atom stereocenters. The summed E-state index contributed by atoms with van der Waals surface area (Å²) >= 11 is 0. The van der Waals surface area contributed by atoms with Crippen molar-refractivity contribution in [3.8, 4) is 11.5 Å². The molecule has 0 spiro atoms. The molecule has 3 aliphatic rings. The largest absolute Gasteiger partial charge is 0.493 e. The normalized spacial score (nSPS) is 24.7. The topological polar surface area (TPSA) is 54.0 Å². The van der Waals surface area contributed by atoms with Crippen molar-refractivity contribution in [1.29, 1.82) is 0 Å². The van der Waals surface area contributed by atoms with Gasteiger partial charge in [-0.2, -0.15) is 0 Å². The second kappa shape index (κ2) is 13.5. The van der Waals surface area contributed by atoms with Crippen molar-refractivity contribution in [2.75, 3.05) is 46.4 Å². The minimum Gasteiger partial charge on any atom is -0.493 e.